The molecule has 0 amide bonds. The third-order valence-electron chi connectivity index (χ3n) is 5.01. The van der Waals surface area contributed by atoms with Crippen molar-refractivity contribution in [1.29, 1.82) is 0 Å². The number of nitrogens with one attached hydrogen (secondary N) is 1. The zero-order valence-corrected chi connectivity index (χ0v) is 16.5. The van der Waals surface area contributed by atoms with Gasteiger partial charge in [-0.25, -0.2) is 13.1 Å². The first kappa shape index (κ1) is 18.6. The van der Waals surface area contributed by atoms with Crippen molar-refractivity contribution < 1.29 is 8.42 Å². The second-order valence-corrected chi connectivity index (χ2v) is 9.31. The van der Waals surface area contributed by atoms with E-state index in [4.69, 9.17) is 0 Å². The van der Waals surface area contributed by atoms with Crippen molar-refractivity contribution in [3.05, 3.63) is 51.7 Å². The predicted octanol–water partition coefficient (Wildman–Crippen LogP) is 3.87. The van der Waals surface area contributed by atoms with E-state index in [-0.39, 0.29) is 6.04 Å². The fourth-order valence-corrected chi connectivity index (χ4v) is 5.14. The van der Waals surface area contributed by atoms with Gasteiger partial charge in [-0.2, -0.15) is 11.3 Å². The van der Waals surface area contributed by atoms with Crippen LogP contribution < -0.4 is 4.72 Å². The van der Waals surface area contributed by atoms with E-state index in [1.165, 1.54) is 24.8 Å². The van der Waals surface area contributed by atoms with Crippen molar-refractivity contribution in [3.63, 3.8) is 0 Å². The molecule has 1 fully saturated rings. The van der Waals surface area contributed by atoms with E-state index in [1.54, 1.807) is 23.5 Å². The maximum atomic E-state index is 12.7. The highest BCUT2D eigenvalue weighted by Crippen LogP contribution is 2.26. The number of aryl methyl sites for hydroxylation is 2. The maximum absolute atomic E-state index is 12.7. The van der Waals surface area contributed by atoms with E-state index in [2.05, 4.69) is 26.4 Å². The molecule has 2 aromatic rings. The minimum atomic E-state index is -3.50. The number of piperidine rings is 1. The minimum absolute atomic E-state index is 0.105. The summed E-state index contributed by atoms with van der Waals surface area (Å²) in [5, 5.41) is 4.19. The summed E-state index contributed by atoms with van der Waals surface area (Å²) in [7, 11) is -3.50. The molecule has 0 aliphatic carbocycles. The van der Waals surface area contributed by atoms with Crippen LogP contribution in [0.2, 0.25) is 0 Å². The molecular formula is C19H26N2O2S2. The predicted molar refractivity (Wildman–Crippen MR) is 104 cm³/mol. The van der Waals surface area contributed by atoms with Gasteiger partial charge < -0.3 is 0 Å². The standard InChI is InChI=1S/C19H26N2O2S2/c1-15-6-7-18(12-16(15)2)25(22,23)20-13-19(17-8-11-24-14-17)21-9-4-3-5-10-21/h6-8,11-12,14,19-20H,3-5,9-10,13H2,1-2H3. The van der Waals surface area contributed by atoms with Crippen LogP contribution in [0.15, 0.2) is 39.9 Å². The largest absolute Gasteiger partial charge is 0.295 e. The van der Waals surface area contributed by atoms with Crippen LogP contribution >= 0.6 is 11.3 Å². The quantitative estimate of drug-likeness (QED) is 0.830. The van der Waals surface area contributed by atoms with Crippen LogP contribution in [0.4, 0.5) is 0 Å². The normalized spacial score (nSPS) is 17.5. The van der Waals surface area contributed by atoms with E-state index >= 15 is 0 Å². The van der Waals surface area contributed by atoms with Crippen molar-refractivity contribution in [2.45, 2.75) is 44.0 Å². The average molecular weight is 379 g/mol. The van der Waals surface area contributed by atoms with Crippen LogP contribution in [0, 0.1) is 13.8 Å². The fourth-order valence-electron chi connectivity index (χ4n) is 3.31. The molecule has 2 heterocycles. The molecule has 0 bridgehead atoms. The summed E-state index contributed by atoms with van der Waals surface area (Å²) in [6, 6.07) is 7.51. The first-order valence-electron chi connectivity index (χ1n) is 8.80. The van der Waals surface area contributed by atoms with Gasteiger partial charge in [0.05, 0.1) is 4.90 Å². The van der Waals surface area contributed by atoms with Crippen LogP contribution in [-0.2, 0) is 10.0 Å². The van der Waals surface area contributed by atoms with Gasteiger partial charge >= 0.3 is 0 Å². The summed E-state index contributed by atoms with van der Waals surface area (Å²) in [5.74, 6) is 0. The molecule has 0 spiro atoms. The molecule has 136 valence electrons. The lowest BCUT2D eigenvalue weighted by molar-refractivity contribution is 0.165. The molecule has 0 saturated carbocycles. The van der Waals surface area contributed by atoms with Crippen LogP contribution in [0.3, 0.4) is 0 Å². The number of rotatable bonds is 6. The lowest BCUT2D eigenvalue weighted by Gasteiger charge is -2.34. The number of sulfonamides is 1. The molecule has 4 nitrogen and oxygen atoms in total. The van der Waals surface area contributed by atoms with Crippen molar-refractivity contribution in [1.82, 2.24) is 9.62 Å². The smallest absolute Gasteiger partial charge is 0.240 e. The van der Waals surface area contributed by atoms with E-state index in [9.17, 15) is 8.42 Å². The summed E-state index contributed by atoms with van der Waals surface area (Å²) < 4.78 is 28.3. The zero-order valence-electron chi connectivity index (χ0n) is 14.9. The highest BCUT2D eigenvalue weighted by atomic mass is 32.2. The Bertz CT molecular complexity index is 795. The first-order valence-corrected chi connectivity index (χ1v) is 11.2. The Hall–Kier alpha value is -1.21. The monoisotopic (exact) mass is 378 g/mol. The average Bonchev–Trinajstić information content (AvgIpc) is 3.12. The lowest BCUT2D eigenvalue weighted by atomic mass is 10.0. The Labute approximate surface area is 154 Å². The molecule has 1 atom stereocenters. The first-order chi connectivity index (χ1) is 12.0. The number of hydrogen-bond acceptors (Lipinski definition) is 4. The van der Waals surface area contributed by atoms with E-state index < -0.39 is 10.0 Å². The van der Waals surface area contributed by atoms with Crippen molar-refractivity contribution >= 4 is 21.4 Å². The summed E-state index contributed by atoms with van der Waals surface area (Å²) in [5.41, 5.74) is 3.30. The van der Waals surface area contributed by atoms with Crippen molar-refractivity contribution in [2.24, 2.45) is 0 Å². The molecule has 1 aromatic carbocycles. The van der Waals surface area contributed by atoms with Crippen molar-refractivity contribution in [2.75, 3.05) is 19.6 Å². The second-order valence-electron chi connectivity index (χ2n) is 6.77. The fraction of sp³-hybridized carbons (Fsp3) is 0.474. The topological polar surface area (TPSA) is 49.4 Å². The highest BCUT2D eigenvalue weighted by molar-refractivity contribution is 7.89. The van der Waals surface area contributed by atoms with E-state index in [1.807, 2.05) is 19.9 Å². The molecule has 0 radical (unpaired) electrons. The zero-order chi connectivity index (χ0) is 17.9. The van der Waals surface area contributed by atoms with Gasteiger partial charge in [-0.3, -0.25) is 4.90 Å². The summed E-state index contributed by atoms with van der Waals surface area (Å²) in [6.07, 6.45) is 3.64. The van der Waals surface area contributed by atoms with Crippen molar-refractivity contribution in [3.8, 4) is 0 Å². The maximum Gasteiger partial charge on any atom is 0.240 e. The molecule has 3 rings (SSSR count). The van der Waals surface area contributed by atoms with Gasteiger partial charge in [0.2, 0.25) is 10.0 Å². The van der Waals surface area contributed by atoms with Gasteiger partial charge in [0.25, 0.3) is 0 Å². The van der Waals surface area contributed by atoms with Gasteiger partial charge in [-0.1, -0.05) is 12.5 Å². The van der Waals surface area contributed by atoms with Gasteiger partial charge in [0.1, 0.15) is 0 Å². The Balaban J connectivity index is 1.76. The molecule has 25 heavy (non-hydrogen) atoms. The van der Waals surface area contributed by atoms with Gasteiger partial charge in [0.15, 0.2) is 0 Å². The number of benzene rings is 1. The molecule has 1 aromatic heterocycles. The lowest BCUT2D eigenvalue weighted by Crippen LogP contribution is -2.40. The number of likely N-dealkylation sites (tertiary alicyclic amines) is 1. The molecular weight excluding hydrogens is 352 g/mol. The molecule has 1 N–H and O–H groups in total. The Kier molecular flexibility index (Phi) is 5.94. The molecule has 1 aliphatic heterocycles. The number of nitrogens with zero attached hydrogens (tertiary/aromatic N) is 1. The summed E-state index contributed by atoms with van der Waals surface area (Å²) in [6.45, 7) is 6.40. The van der Waals surface area contributed by atoms with Crippen LogP contribution in [0.5, 0.6) is 0 Å². The van der Waals surface area contributed by atoms with Gasteiger partial charge in [-0.05, 0) is 85.4 Å². The molecule has 6 heteroatoms. The SMILES string of the molecule is Cc1ccc(S(=O)(=O)NCC(c2ccsc2)N2CCCCC2)cc1C. The van der Waals surface area contributed by atoms with Gasteiger partial charge in [-0.15, -0.1) is 0 Å². The summed E-state index contributed by atoms with van der Waals surface area (Å²) >= 11 is 1.66. The Morgan fingerprint density at radius 2 is 1.88 bits per heavy atom. The Morgan fingerprint density at radius 3 is 2.52 bits per heavy atom. The minimum Gasteiger partial charge on any atom is -0.295 e. The van der Waals surface area contributed by atoms with E-state index in [0.29, 0.717) is 11.4 Å². The highest BCUT2D eigenvalue weighted by Gasteiger charge is 2.25. The molecule has 1 saturated heterocycles. The molecule has 1 aliphatic rings. The Morgan fingerprint density at radius 1 is 1.12 bits per heavy atom. The molecule has 1 unspecified atom stereocenters. The number of thiophene rings is 1. The second kappa shape index (κ2) is 7.99. The van der Waals surface area contributed by atoms with Gasteiger partial charge in [0, 0.05) is 12.6 Å². The number of hydrogen-bond donors (Lipinski definition) is 1. The van der Waals surface area contributed by atoms with Crippen LogP contribution in [0.25, 0.3) is 0 Å². The van der Waals surface area contributed by atoms with Crippen LogP contribution in [0.1, 0.15) is 42.0 Å². The summed E-state index contributed by atoms with van der Waals surface area (Å²) in [4.78, 5) is 2.76. The third kappa shape index (κ3) is 4.50. The van der Waals surface area contributed by atoms with Crippen LogP contribution in [-0.4, -0.2) is 33.0 Å². The van der Waals surface area contributed by atoms with E-state index in [0.717, 1.165) is 24.2 Å². The third-order valence-corrected chi connectivity index (χ3v) is 7.14.